The number of epoxide rings is 1. The van der Waals surface area contributed by atoms with Gasteiger partial charge in [0.2, 0.25) is 0 Å². The zero-order valence-electron chi connectivity index (χ0n) is 8.55. The first-order valence-electron chi connectivity index (χ1n) is 4.80. The molecule has 2 nitrogen and oxygen atoms in total. The SMILES string of the molecule is CCCCC(C)(O)C1OC1(C)C. The lowest BCUT2D eigenvalue weighted by Crippen LogP contribution is -2.34. The third-order valence-electron chi connectivity index (χ3n) is 2.60. The highest BCUT2D eigenvalue weighted by Crippen LogP contribution is 2.44. The first-order chi connectivity index (χ1) is 5.40. The summed E-state index contributed by atoms with van der Waals surface area (Å²) < 4.78 is 5.42. The fourth-order valence-electron chi connectivity index (χ4n) is 1.81. The molecule has 0 radical (unpaired) electrons. The molecule has 72 valence electrons. The summed E-state index contributed by atoms with van der Waals surface area (Å²) in [5, 5.41) is 10.00. The number of ether oxygens (including phenoxy) is 1. The van der Waals surface area contributed by atoms with Gasteiger partial charge in [-0.15, -0.1) is 0 Å². The monoisotopic (exact) mass is 172 g/mol. The fourth-order valence-corrected chi connectivity index (χ4v) is 1.81. The molecule has 0 aromatic carbocycles. The standard InChI is InChI=1S/C10H20O2/c1-5-6-7-10(4,11)8-9(2,3)12-8/h8,11H,5-7H2,1-4H3. The van der Waals surface area contributed by atoms with Crippen molar-refractivity contribution < 1.29 is 9.84 Å². The second-order valence-corrected chi connectivity index (χ2v) is 4.56. The second-order valence-electron chi connectivity index (χ2n) is 4.56. The fraction of sp³-hybridized carbons (Fsp3) is 1.00. The summed E-state index contributed by atoms with van der Waals surface area (Å²) in [7, 11) is 0. The maximum atomic E-state index is 10.00. The summed E-state index contributed by atoms with van der Waals surface area (Å²) in [5.41, 5.74) is -0.725. The van der Waals surface area contributed by atoms with E-state index >= 15 is 0 Å². The number of aliphatic hydroxyl groups is 1. The van der Waals surface area contributed by atoms with Crippen LogP contribution >= 0.6 is 0 Å². The molecule has 0 amide bonds. The lowest BCUT2D eigenvalue weighted by molar-refractivity contribution is 0.0195. The van der Waals surface area contributed by atoms with Crippen molar-refractivity contribution >= 4 is 0 Å². The van der Waals surface area contributed by atoms with Crippen LogP contribution in [0.15, 0.2) is 0 Å². The topological polar surface area (TPSA) is 32.8 Å². The van der Waals surface area contributed by atoms with Gasteiger partial charge in [0, 0.05) is 0 Å². The predicted octanol–water partition coefficient (Wildman–Crippen LogP) is 2.10. The zero-order chi connectivity index (χ0) is 9.41. The van der Waals surface area contributed by atoms with Crippen LogP contribution in [0, 0.1) is 0 Å². The third kappa shape index (κ3) is 1.99. The molecule has 2 unspecified atom stereocenters. The summed E-state index contributed by atoms with van der Waals surface area (Å²) >= 11 is 0. The Bertz CT molecular complexity index is 161. The van der Waals surface area contributed by atoms with E-state index in [1.807, 2.05) is 20.8 Å². The molecule has 1 N–H and O–H groups in total. The molecular weight excluding hydrogens is 152 g/mol. The molecule has 1 aliphatic rings. The number of unbranched alkanes of at least 4 members (excludes halogenated alkanes) is 1. The molecule has 2 atom stereocenters. The summed E-state index contributed by atoms with van der Waals surface area (Å²) in [6, 6.07) is 0. The minimum atomic E-state index is -0.625. The Labute approximate surface area is 74.9 Å². The van der Waals surface area contributed by atoms with Gasteiger partial charge in [-0.05, 0) is 27.2 Å². The average Bonchev–Trinajstić information content (AvgIpc) is 2.57. The Morgan fingerprint density at radius 3 is 2.33 bits per heavy atom. The first-order valence-corrected chi connectivity index (χ1v) is 4.80. The van der Waals surface area contributed by atoms with Crippen LogP contribution in [0.25, 0.3) is 0 Å². The van der Waals surface area contributed by atoms with E-state index in [-0.39, 0.29) is 11.7 Å². The molecule has 1 saturated heterocycles. The van der Waals surface area contributed by atoms with Crippen LogP contribution < -0.4 is 0 Å². The Balaban J connectivity index is 2.39. The van der Waals surface area contributed by atoms with Gasteiger partial charge in [-0.2, -0.15) is 0 Å². The van der Waals surface area contributed by atoms with Crippen LogP contribution in [0.3, 0.4) is 0 Å². The van der Waals surface area contributed by atoms with Gasteiger partial charge in [0.05, 0.1) is 11.2 Å². The summed E-state index contributed by atoms with van der Waals surface area (Å²) in [6.45, 7) is 8.06. The van der Waals surface area contributed by atoms with E-state index in [1.165, 1.54) is 0 Å². The van der Waals surface area contributed by atoms with Gasteiger partial charge in [-0.3, -0.25) is 0 Å². The second kappa shape index (κ2) is 3.00. The van der Waals surface area contributed by atoms with Crippen molar-refractivity contribution in [1.29, 1.82) is 0 Å². The maximum absolute atomic E-state index is 10.00. The van der Waals surface area contributed by atoms with Crippen molar-refractivity contribution in [3.05, 3.63) is 0 Å². The van der Waals surface area contributed by atoms with Gasteiger partial charge in [-0.25, -0.2) is 0 Å². The van der Waals surface area contributed by atoms with Gasteiger partial charge in [-0.1, -0.05) is 19.8 Å². The van der Waals surface area contributed by atoms with Crippen LogP contribution in [0.5, 0.6) is 0 Å². The smallest absolute Gasteiger partial charge is 0.115 e. The molecule has 0 aliphatic carbocycles. The van der Waals surface area contributed by atoms with E-state index in [4.69, 9.17) is 4.74 Å². The van der Waals surface area contributed by atoms with Crippen molar-refractivity contribution in [2.45, 2.75) is 64.3 Å². The quantitative estimate of drug-likeness (QED) is 0.659. The lowest BCUT2D eigenvalue weighted by Gasteiger charge is -2.21. The highest BCUT2D eigenvalue weighted by Gasteiger charge is 2.57. The van der Waals surface area contributed by atoms with E-state index < -0.39 is 5.60 Å². The van der Waals surface area contributed by atoms with Crippen molar-refractivity contribution in [3.63, 3.8) is 0 Å². The Morgan fingerprint density at radius 1 is 1.50 bits per heavy atom. The van der Waals surface area contributed by atoms with Crippen LogP contribution in [-0.2, 0) is 4.74 Å². The van der Waals surface area contributed by atoms with Gasteiger partial charge >= 0.3 is 0 Å². The van der Waals surface area contributed by atoms with Gasteiger partial charge in [0.25, 0.3) is 0 Å². The summed E-state index contributed by atoms with van der Waals surface area (Å²) in [6.07, 6.45) is 3.08. The molecule has 0 aromatic heterocycles. The highest BCUT2D eigenvalue weighted by atomic mass is 16.6. The number of hydrogen-bond acceptors (Lipinski definition) is 2. The van der Waals surface area contributed by atoms with E-state index in [0.29, 0.717) is 0 Å². The molecule has 2 heteroatoms. The number of hydrogen-bond donors (Lipinski definition) is 1. The lowest BCUT2D eigenvalue weighted by atomic mass is 9.90. The van der Waals surface area contributed by atoms with Crippen molar-refractivity contribution in [3.8, 4) is 0 Å². The third-order valence-corrected chi connectivity index (χ3v) is 2.60. The number of rotatable bonds is 4. The molecule has 1 aliphatic heterocycles. The molecule has 0 saturated carbocycles. The van der Waals surface area contributed by atoms with Gasteiger partial charge in [0.15, 0.2) is 0 Å². The van der Waals surface area contributed by atoms with E-state index in [0.717, 1.165) is 19.3 Å². The van der Waals surface area contributed by atoms with Crippen molar-refractivity contribution in [1.82, 2.24) is 0 Å². The minimum Gasteiger partial charge on any atom is -0.387 e. The molecule has 1 fully saturated rings. The van der Waals surface area contributed by atoms with E-state index in [1.54, 1.807) is 0 Å². The van der Waals surface area contributed by atoms with E-state index in [2.05, 4.69) is 6.92 Å². The summed E-state index contributed by atoms with van der Waals surface area (Å²) in [4.78, 5) is 0. The predicted molar refractivity (Wildman–Crippen MR) is 49.1 cm³/mol. The van der Waals surface area contributed by atoms with Crippen LogP contribution in [0.4, 0.5) is 0 Å². The highest BCUT2D eigenvalue weighted by molar-refractivity contribution is 5.05. The zero-order valence-corrected chi connectivity index (χ0v) is 8.55. The molecule has 0 spiro atoms. The largest absolute Gasteiger partial charge is 0.387 e. The van der Waals surface area contributed by atoms with Gasteiger partial charge in [0.1, 0.15) is 6.10 Å². The van der Waals surface area contributed by atoms with E-state index in [9.17, 15) is 5.11 Å². The van der Waals surface area contributed by atoms with Crippen molar-refractivity contribution in [2.75, 3.05) is 0 Å². The molecular formula is C10H20O2. The molecule has 1 rings (SSSR count). The molecule has 0 bridgehead atoms. The minimum absolute atomic E-state index is 0.0385. The molecule has 12 heavy (non-hydrogen) atoms. The Kier molecular flexibility index (Phi) is 2.50. The average molecular weight is 172 g/mol. The Morgan fingerprint density at radius 2 is 2.00 bits per heavy atom. The van der Waals surface area contributed by atoms with Crippen LogP contribution in [-0.4, -0.2) is 22.4 Å². The first kappa shape index (κ1) is 10.0. The normalized spacial score (nSPS) is 31.2. The molecule has 1 heterocycles. The summed E-state index contributed by atoms with van der Waals surface area (Å²) in [5.74, 6) is 0. The maximum Gasteiger partial charge on any atom is 0.115 e. The Hall–Kier alpha value is -0.0800. The van der Waals surface area contributed by atoms with Gasteiger partial charge < -0.3 is 9.84 Å². The van der Waals surface area contributed by atoms with Crippen LogP contribution in [0.2, 0.25) is 0 Å². The molecule has 0 aromatic rings. The van der Waals surface area contributed by atoms with Crippen molar-refractivity contribution in [2.24, 2.45) is 0 Å². The van der Waals surface area contributed by atoms with Crippen LogP contribution in [0.1, 0.15) is 47.0 Å².